The highest BCUT2D eigenvalue weighted by Crippen LogP contribution is 2.20. The Bertz CT molecular complexity index is 348. The van der Waals surface area contributed by atoms with Gasteiger partial charge in [0.15, 0.2) is 0 Å². The predicted molar refractivity (Wildman–Crippen MR) is 63.6 cm³/mol. The zero-order valence-corrected chi connectivity index (χ0v) is 9.12. The van der Waals surface area contributed by atoms with E-state index in [-0.39, 0.29) is 0 Å². The van der Waals surface area contributed by atoms with Crippen LogP contribution in [0.2, 0.25) is 0 Å². The van der Waals surface area contributed by atoms with Crippen molar-refractivity contribution in [1.29, 1.82) is 0 Å². The molecule has 0 N–H and O–H groups in total. The van der Waals surface area contributed by atoms with Crippen molar-refractivity contribution in [3.63, 3.8) is 0 Å². The lowest BCUT2D eigenvalue weighted by atomic mass is 10.0. The first-order chi connectivity index (χ1) is 6.88. The Balaban J connectivity index is 0.000000461. The molecule has 0 unspecified atom stereocenters. The molecule has 0 saturated heterocycles. The molecule has 1 aliphatic rings. The van der Waals surface area contributed by atoms with Crippen molar-refractivity contribution in [2.24, 2.45) is 4.99 Å². The number of fused-ring (bicyclic) bond motifs is 1. The topological polar surface area (TPSA) is 12.4 Å². The monoisotopic (exact) mass is 187 g/mol. The van der Waals surface area contributed by atoms with Crippen molar-refractivity contribution in [2.45, 2.75) is 27.2 Å². The van der Waals surface area contributed by atoms with Crippen LogP contribution in [0.4, 0.5) is 0 Å². The molecule has 0 amide bonds. The van der Waals surface area contributed by atoms with Gasteiger partial charge in [-0.1, -0.05) is 38.1 Å². The lowest BCUT2D eigenvalue weighted by Gasteiger charge is -2.04. The summed E-state index contributed by atoms with van der Waals surface area (Å²) in [6.07, 6.45) is 4.82. The van der Waals surface area contributed by atoms with E-state index in [9.17, 15) is 0 Å². The Morgan fingerprint density at radius 1 is 1.14 bits per heavy atom. The molecular formula is C13H17N. The molecule has 1 heterocycles. The van der Waals surface area contributed by atoms with Crippen LogP contribution in [0.5, 0.6) is 0 Å². The second-order valence-corrected chi connectivity index (χ2v) is 3.01. The molecule has 1 aromatic rings. The summed E-state index contributed by atoms with van der Waals surface area (Å²) in [5.41, 5.74) is 3.95. The van der Waals surface area contributed by atoms with Gasteiger partial charge in [0.05, 0.1) is 0 Å². The smallest absolute Gasteiger partial charge is 0.0299 e. The molecule has 74 valence electrons. The number of allylic oxidation sites excluding steroid dienone is 1. The van der Waals surface area contributed by atoms with E-state index < -0.39 is 0 Å². The molecule has 0 radical (unpaired) electrons. The van der Waals surface area contributed by atoms with Gasteiger partial charge >= 0.3 is 0 Å². The third-order valence-electron chi connectivity index (χ3n) is 2.13. The van der Waals surface area contributed by atoms with Crippen molar-refractivity contribution >= 4 is 11.8 Å². The molecule has 1 aromatic carbocycles. The summed E-state index contributed by atoms with van der Waals surface area (Å²) in [6.45, 7) is 6.10. The average Bonchev–Trinajstić information content (AvgIpc) is 2.45. The standard InChI is InChI=1S/C11H11N.C2H6/c1-9-8-12-7-6-10-4-2-3-5-11(9)10;1-2/h2-5,7-8H,6H2,1H3;1-2H3. The second-order valence-electron chi connectivity index (χ2n) is 3.01. The van der Waals surface area contributed by atoms with Crippen LogP contribution in [-0.4, -0.2) is 6.21 Å². The van der Waals surface area contributed by atoms with Gasteiger partial charge in [-0.3, -0.25) is 4.99 Å². The van der Waals surface area contributed by atoms with E-state index in [0.29, 0.717) is 0 Å². The van der Waals surface area contributed by atoms with Crippen molar-refractivity contribution in [2.75, 3.05) is 0 Å². The highest BCUT2D eigenvalue weighted by atomic mass is 14.7. The highest BCUT2D eigenvalue weighted by molar-refractivity contribution is 5.75. The average molecular weight is 187 g/mol. The van der Waals surface area contributed by atoms with Gasteiger partial charge in [-0.05, 0) is 23.6 Å². The number of aliphatic imine (C=N–C) groups is 1. The third kappa shape index (κ3) is 2.32. The summed E-state index contributed by atoms with van der Waals surface area (Å²) >= 11 is 0. The predicted octanol–water partition coefficient (Wildman–Crippen LogP) is 3.70. The Morgan fingerprint density at radius 2 is 1.86 bits per heavy atom. The van der Waals surface area contributed by atoms with E-state index in [1.807, 2.05) is 26.3 Å². The lowest BCUT2D eigenvalue weighted by Crippen LogP contribution is -1.89. The Morgan fingerprint density at radius 3 is 2.64 bits per heavy atom. The molecule has 1 aliphatic heterocycles. The van der Waals surface area contributed by atoms with Gasteiger partial charge < -0.3 is 0 Å². The molecule has 1 nitrogen and oxygen atoms in total. The number of rotatable bonds is 0. The Hall–Kier alpha value is -1.37. The second kappa shape index (κ2) is 5.38. The van der Waals surface area contributed by atoms with Gasteiger partial charge in [0.25, 0.3) is 0 Å². The van der Waals surface area contributed by atoms with Gasteiger partial charge in [0, 0.05) is 18.8 Å². The van der Waals surface area contributed by atoms with E-state index in [0.717, 1.165) is 6.42 Å². The molecule has 0 spiro atoms. The Kier molecular flexibility index (Phi) is 4.11. The van der Waals surface area contributed by atoms with Crippen LogP contribution in [0.25, 0.3) is 5.57 Å². The minimum atomic E-state index is 0.948. The minimum absolute atomic E-state index is 0.948. The van der Waals surface area contributed by atoms with Crippen LogP contribution < -0.4 is 0 Å². The van der Waals surface area contributed by atoms with Crippen molar-refractivity contribution in [1.82, 2.24) is 0 Å². The zero-order chi connectivity index (χ0) is 10.4. The first kappa shape index (κ1) is 10.7. The summed E-state index contributed by atoms with van der Waals surface area (Å²) in [7, 11) is 0. The van der Waals surface area contributed by atoms with Gasteiger partial charge in [-0.15, -0.1) is 0 Å². The Labute approximate surface area is 86.2 Å². The van der Waals surface area contributed by atoms with Gasteiger partial charge in [-0.25, -0.2) is 0 Å². The maximum absolute atomic E-state index is 4.18. The van der Waals surface area contributed by atoms with Crippen LogP contribution in [0.3, 0.4) is 0 Å². The molecule has 2 rings (SSSR count). The first-order valence-electron chi connectivity index (χ1n) is 5.14. The summed E-state index contributed by atoms with van der Waals surface area (Å²) in [5, 5.41) is 0. The maximum atomic E-state index is 4.18. The summed E-state index contributed by atoms with van der Waals surface area (Å²) in [6, 6.07) is 8.45. The fraction of sp³-hybridized carbons (Fsp3) is 0.308. The van der Waals surface area contributed by atoms with E-state index in [2.05, 4.69) is 36.2 Å². The van der Waals surface area contributed by atoms with Gasteiger partial charge in [0.1, 0.15) is 0 Å². The van der Waals surface area contributed by atoms with Crippen LogP contribution in [0, 0.1) is 0 Å². The van der Waals surface area contributed by atoms with Crippen LogP contribution in [0.1, 0.15) is 31.9 Å². The van der Waals surface area contributed by atoms with Crippen molar-refractivity contribution < 1.29 is 0 Å². The molecule has 1 heteroatoms. The quantitative estimate of drug-likeness (QED) is 0.587. The van der Waals surface area contributed by atoms with Crippen LogP contribution >= 0.6 is 0 Å². The normalized spacial score (nSPS) is 13.2. The lowest BCUT2D eigenvalue weighted by molar-refractivity contribution is 1.34. The fourth-order valence-corrected chi connectivity index (χ4v) is 1.47. The molecule has 0 aromatic heterocycles. The van der Waals surface area contributed by atoms with Crippen molar-refractivity contribution in [3.8, 4) is 0 Å². The van der Waals surface area contributed by atoms with E-state index in [1.165, 1.54) is 16.7 Å². The van der Waals surface area contributed by atoms with E-state index in [1.54, 1.807) is 0 Å². The van der Waals surface area contributed by atoms with Crippen LogP contribution in [0.15, 0.2) is 35.5 Å². The van der Waals surface area contributed by atoms with E-state index in [4.69, 9.17) is 0 Å². The number of hydrogen-bond acceptors (Lipinski definition) is 1. The molecular weight excluding hydrogens is 170 g/mol. The zero-order valence-electron chi connectivity index (χ0n) is 9.12. The highest BCUT2D eigenvalue weighted by Gasteiger charge is 2.03. The first-order valence-corrected chi connectivity index (χ1v) is 5.14. The van der Waals surface area contributed by atoms with Gasteiger partial charge in [-0.2, -0.15) is 0 Å². The minimum Gasteiger partial charge on any atom is -0.268 e. The molecule has 0 saturated carbocycles. The summed E-state index contributed by atoms with van der Waals surface area (Å²) in [4.78, 5) is 4.18. The fourth-order valence-electron chi connectivity index (χ4n) is 1.47. The largest absolute Gasteiger partial charge is 0.268 e. The number of nitrogens with zero attached hydrogens (tertiary/aromatic N) is 1. The number of benzene rings is 1. The summed E-state index contributed by atoms with van der Waals surface area (Å²) in [5.74, 6) is 0. The molecule has 0 fully saturated rings. The maximum Gasteiger partial charge on any atom is 0.0299 e. The third-order valence-corrected chi connectivity index (χ3v) is 2.13. The molecule has 0 atom stereocenters. The molecule has 0 bridgehead atoms. The van der Waals surface area contributed by atoms with E-state index >= 15 is 0 Å². The van der Waals surface area contributed by atoms with Crippen LogP contribution in [-0.2, 0) is 6.42 Å². The van der Waals surface area contributed by atoms with Crippen molar-refractivity contribution in [3.05, 3.63) is 41.6 Å². The summed E-state index contributed by atoms with van der Waals surface area (Å²) < 4.78 is 0. The molecule has 14 heavy (non-hydrogen) atoms. The van der Waals surface area contributed by atoms with Gasteiger partial charge in [0.2, 0.25) is 0 Å². The number of hydrogen-bond donors (Lipinski definition) is 0. The SMILES string of the molecule is CC.CC1=CN=CCc2ccccc21. The molecule has 0 aliphatic carbocycles.